The standard InChI is InChI=1S/C12H19N3O2S/c1-15-7-5-10(6-8-15)14-11-3-4-12(13-9-11)18(2,16)17/h3-4,9-10,14H,5-8H2,1-2H3. The largest absolute Gasteiger partial charge is 0.381 e. The Hall–Kier alpha value is -1.14. The van der Waals surface area contributed by atoms with Gasteiger partial charge in [0.25, 0.3) is 0 Å². The van der Waals surface area contributed by atoms with Crippen molar-refractivity contribution in [2.45, 2.75) is 23.9 Å². The van der Waals surface area contributed by atoms with Gasteiger partial charge in [-0.3, -0.25) is 0 Å². The Morgan fingerprint density at radius 3 is 2.50 bits per heavy atom. The molecular formula is C12H19N3O2S. The highest BCUT2D eigenvalue weighted by atomic mass is 32.2. The van der Waals surface area contributed by atoms with E-state index in [1.807, 2.05) is 0 Å². The third-order valence-corrected chi connectivity index (χ3v) is 4.21. The summed E-state index contributed by atoms with van der Waals surface area (Å²) in [6.07, 6.45) is 4.96. The normalized spacial score (nSPS) is 18.8. The maximum Gasteiger partial charge on any atom is 0.192 e. The molecular weight excluding hydrogens is 250 g/mol. The summed E-state index contributed by atoms with van der Waals surface area (Å²) >= 11 is 0. The van der Waals surface area contributed by atoms with Crippen LogP contribution < -0.4 is 5.32 Å². The number of sulfone groups is 1. The van der Waals surface area contributed by atoms with Crippen molar-refractivity contribution in [3.05, 3.63) is 18.3 Å². The molecule has 0 radical (unpaired) electrons. The number of likely N-dealkylation sites (tertiary alicyclic amines) is 1. The average Bonchev–Trinajstić information content (AvgIpc) is 2.32. The van der Waals surface area contributed by atoms with Crippen molar-refractivity contribution in [3.63, 3.8) is 0 Å². The zero-order chi connectivity index (χ0) is 13.2. The monoisotopic (exact) mass is 269 g/mol. The molecule has 1 aliphatic rings. The van der Waals surface area contributed by atoms with Crippen molar-refractivity contribution in [2.75, 3.05) is 31.7 Å². The van der Waals surface area contributed by atoms with Gasteiger partial charge in [-0.1, -0.05) is 0 Å². The van der Waals surface area contributed by atoms with Crippen molar-refractivity contribution in [3.8, 4) is 0 Å². The average molecular weight is 269 g/mol. The van der Waals surface area contributed by atoms with Gasteiger partial charge in [0.15, 0.2) is 14.9 Å². The van der Waals surface area contributed by atoms with E-state index in [9.17, 15) is 8.42 Å². The van der Waals surface area contributed by atoms with E-state index in [-0.39, 0.29) is 5.03 Å². The quantitative estimate of drug-likeness (QED) is 0.886. The molecule has 100 valence electrons. The van der Waals surface area contributed by atoms with Crippen molar-refractivity contribution < 1.29 is 8.42 Å². The van der Waals surface area contributed by atoms with Crippen LogP contribution in [-0.4, -0.2) is 50.7 Å². The summed E-state index contributed by atoms with van der Waals surface area (Å²) in [4.78, 5) is 6.28. The number of nitrogens with zero attached hydrogens (tertiary/aromatic N) is 2. The Morgan fingerprint density at radius 1 is 1.33 bits per heavy atom. The molecule has 18 heavy (non-hydrogen) atoms. The topological polar surface area (TPSA) is 62.3 Å². The molecule has 1 aromatic heterocycles. The van der Waals surface area contributed by atoms with Gasteiger partial charge in [-0.15, -0.1) is 0 Å². The molecule has 6 heteroatoms. The molecule has 1 N–H and O–H groups in total. The SMILES string of the molecule is CN1CCC(Nc2ccc(S(C)(=O)=O)nc2)CC1. The first-order valence-electron chi connectivity index (χ1n) is 6.06. The fourth-order valence-corrected chi connectivity index (χ4v) is 2.63. The van der Waals surface area contributed by atoms with Gasteiger partial charge in [0.05, 0.1) is 11.9 Å². The van der Waals surface area contributed by atoms with Gasteiger partial charge in [-0.05, 0) is 45.1 Å². The lowest BCUT2D eigenvalue weighted by Crippen LogP contribution is -2.36. The van der Waals surface area contributed by atoms with E-state index < -0.39 is 9.84 Å². The van der Waals surface area contributed by atoms with Crippen LogP contribution in [-0.2, 0) is 9.84 Å². The van der Waals surface area contributed by atoms with Gasteiger partial charge in [0.1, 0.15) is 0 Å². The highest BCUT2D eigenvalue weighted by Gasteiger charge is 2.16. The lowest BCUT2D eigenvalue weighted by molar-refractivity contribution is 0.264. The molecule has 1 aliphatic heterocycles. The second kappa shape index (κ2) is 5.24. The van der Waals surface area contributed by atoms with Crippen LogP contribution in [0, 0.1) is 0 Å². The van der Waals surface area contributed by atoms with Gasteiger partial charge in [0.2, 0.25) is 0 Å². The van der Waals surface area contributed by atoms with Gasteiger partial charge in [0, 0.05) is 12.3 Å². The first-order valence-corrected chi connectivity index (χ1v) is 7.95. The lowest BCUT2D eigenvalue weighted by atomic mass is 10.1. The number of hydrogen-bond donors (Lipinski definition) is 1. The zero-order valence-corrected chi connectivity index (χ0v) is 11.6. The van der Waals surface area contributed by atoms with E-state index in [0.29, 0.717) is 6.04 Å². The maximum atomic E-state index is 11.3. The first kappa shape index (κ1) is 13.3. The smallest absolute Gasteiger partial charge is 0.192 e. The van der Waals surface area contributed by atoms with Crippen LogP contribution in [0.25, 0.3) is 0 Å². The third kappa shape index (κ3) is 3.43. The second-order valence-corrected chi connectivity index (χ2v) is 6.84. The molecule has 0 spiro atoms. The lowest BCUT2D eigenvalue weighted by Gasteiger charge is -2.30. The van der Waals surface area contributed by atoms with Gasteiger partial charge < -0.3 is 10.2 Å². The molecule has 2 rings (SSSR count). The van der Waals surface area contributed by atoms with Crippen LogP contribution >= 0.6 is 0 Å². The number of pyridine rings is 1. The Balaban J connectivity index is 1.98. The second-order valence-electron chi connectivity index (χ2n) is 4.88. The molecule has 0 bridgehead atoms. The zero-order valence-electron chi connectivity index (χ0n) is 10.8. The molecule has 1 aromatic rings. The minimum atomic E-state index is -3.21. The maximum absolute atomic E-state index is 11.3. The van der Waals surface area contributed by atoms with Crippen LogP contribution in [0.5, 0.6) is 0 Å². The van der Waals surface area contributed by atoms with Gasteiger partial charge in [-0.25, -0.2) is 13.4 Å². The van der Waals surface area contributed by atoms with Crippen LogP contribution in [0.15, 0.2) is 23.4 Å². The number of piperidine rings is 1. The van der Waals surface area contributed by atoms with Crippen molar-refractivity contribution in [1.82, 2.24) is 9.88 Å². The molecule has 2 heterocycles. The van der Waals surface area contributed by atoms with Crippen LogP contribution in [0.4, 0.5) is 5.69 Å². The third-order valence-electron chi connectivity index (χ3n) is 3.21. The fourth-order valence-electron chi connectivity index (χ4n) is 2.07. The highest BCUT2D eigenvalue weighted by molar-refractivity contribution is 7.90. The van der Waals surface area contributed by atoms with E-state index in [1.54, 1.807) is 18.3 Å². The van der Waals surface area contributed by atoms with Gasteiger partial charge >= 0.3 is 0 Å². The molecule has 0 aromatic carbocycles. The summed E-state index contributed by atoms with van der Waals surface area (Å²) in [5.41, 5.74) is 0.886. The van der Waals surface area contributed by atoms with Crippen molar-refractivity contribution in [2.24, 2.45) is 0 Å². The fraction of sp³-hybridized carbons (Fsp3) is 0.583. The minimum absolute atomic E-state index is 0.122. The molecule has 5 nitrogen and oxygen atoms in total. The molecule has 0 atom stereocenters. The Labute approximate surface area is 108 Å². The van der Waals surface area contributed by atoms with Crippen molar-refractivity contribution in [1.29, 1.82) is 0 Å². The van der Waals surface area contributed by atoms with E-state index in [2.05, 4.69) is 22.2 Å². The molecule has 0 unspecified atom stereocenters. The van der Waals surface area contributed by atoms with Crippen molar-refractivity contribution >= 4 is 15.5 Å². The molecule has 0 aliphatic carbocycles. The number of aromatic nitrogens is 1. The summed E-state index contributed by atoms with van der Waals surface area (Å²) in [6, 6.07) is 3.78. The van der Waals surface area contributed by atoms with Gasteiger partial charge in [-0.2, -0.15) is 0 Å². The number of nitrogens with one attached hydrogen (secondary N) is 1. The first-order chi connectivity index (χ1) is 8.45. The Kier molecular flexibility index (Phi) is 3.87. The predicted molar refractivity (Wildman–Crippen MR) is 71.5 cm³/mol. The van der Waals surface area contributed by atoms with E-state index in [1.165, 1.54) is 6.26 Å². The summed E-state index contributed by atoms with van der Waals surface area (Å²) in [6.45, 7) is 2.18. The summed E-state index contributed by atoms with van der Waals surface area (Å²) < 4.78 is 22.6. The summed E-state index contributed by atoms with van der Waals surface area (Å²) in [7, 11) is -1.08. The molecule has 1 fully saturated rings. The number of anilines is 1. The molecule has 1 saturated heterocycles. The van der Waals surface area contributed by atoms with E-state index in [0.717, 1.165) is 31.6 Å². The summed E-state index contributed by atoms with van der Waals surface area (Å²) in [5.74, 6) is 0. The molecule has 0 amide bonds. The van der Waals surface area contributed by atoms with Crippen LogP contribution in [0.2, 0.25) is 0 Å². The van der Waals surface area contributed by atoms with E-state index in [4.69, 9.17) is 0 Å². The number of hydrogen-bond acceptors (Lipinski definition) is 5. The van der Waals surface area contributed by atoms with E-state index >= 15 is 0 Å². The van der Waals surface area contributed by atoms with Crippen LogP contribution in [0.1, 0.15) is 12.8 Å². The molecule has 0 saturated carbocycles. The Morgan fingerprint density at radius 2 is 2.00 bits per heavy atom. The minimum Gasteiger partial charge on any atom is -0.381 e. The Bertz CT molecular complexity index is 491. The summed E-state index contributed by atoms with van der Waals surface area (Å²) in [5, 5.41) is 3.52. The van der Waals surface area contributed by atoms with Crippen LogP contribution in [0.3, 0.4) is 0 Å². The highest BCUT2D eigenvalue weighted by Crippen LogP contribution is 2.16. The number of rotatable bonds is 3. The predicted octanol–water partition coefficient (Wildman–Crippen LogP) is 0.991.